The Bertz CT molecular complexity index is 3970. The van der Waals surface area contributed by atoms with Crippen LogP contribution in [-0.4, -0.2) is 0 Å². The molecular formula is C62H39NO. The maximum Gasteiger partial charge on any atom is 0.137 e. The fraction of sp³-hybridized carbons (Fsp3) is 0. The predicted octanol–water partition coefficient (Wildman–Crippen LogP) is 17.8. The van der Waals surface area contributed by atoms with Gasteiger partial charge in [-0.1, -0.05) is 170 Å². The Morgan fingerprint density at radius 2 is 0.828 bits per heavy atom. The van der Waals surface area contributed by atoms with Crippen LogP contribution in [0, 0.1) is 0 Å². The highest BCUT2D eigenvalue weighted by Crippen LogP contribution is 2.48. The monoisotopic (exact) mass is 813 g/mol. The highest BCUT2D eigenvalue weighted by atomic mass is 16.3. The second-order valence-electron chi connectivity index (χ2n) is 16.9. The zero-order valence-corrected chi connectivity index (χ0v) is 34.9. The van der Waals surface area contributed by atoms with Crippen LogP contribution in [0.2, 0.25) is 0 Å². The third-order valence-corrected chi connectivity index (χ3v) is 13.1. The summed E-state index contributed by atoms with van der Waals surface area (Å²) < 4.78 is 6.78. The van der Waals surface area contributed by atoms with E-state index in [4.69, 9.17) is 4.42 Å². The normalized spacial score (nSPS) is 11.8. The van der Waals surface area contributed by atoms with Crippen LogP contribution in [0.3, 0.4) is 0 Å². The molecule has 0 aliphatic carbocycles. The Balaban J connectivity index is 1.09. The van der Waals surface area contributed by atoms with Crippen molar-refractivity contribution in [3.63, 3.8) is 0 Å². The quantitative estimate of drug-likeness (QED) is 0.156. The molecule has 0 aliphatic heterocycles. The molecule has 2 nitrogen and oxygen atoms in total. The summed E-state index contributed by atoms with van der Waals surface area (Å²) in [4.78, 5) is 2.44. The minimum atomic E-state index is 0.850. The molecule has 0 atom stereocenters. The first-order chi connectivity index (χ1) is 31.7. The summed E-state index contributed by atoms with van der Waals surface area (Å²) in [5.41, 5.74) is 11.9. The van der Waals surface area contributed by atoms with Crippen molar-refractivity contribution in [1.82, 2.24) is 0 Å². The maximum atomic E-state index is 6.78. The van der Waals surface area contributed by atoms with Gasteiger partial charge in [-0.3, -0.25) is 0 Å². The molecule has 2 heteroatoms. The topological polar surface area (TPSA) is 16.4 Å². The van der Waals surface area contributed by atoms with Gasteiger partial charge in [0.15, 0.2) is 0 Å². The van der Waals surface area contributed by atoms with Crippen molar-refractivity contribution in [1.29, 1.82) is 0 Å². The molecule has 13 rings (SSSR count). The van der Waals surface area contributed by atoms with Gasteiger partial charge in [-0.2, -0.15) is 0 Å². The molecule has 298 valence electrons. The van der Waals surface area contributed by atoms with E-state index in [0.29, 0.717) is 0 Å². The lowest BCUT2D eigenvalue weighted by Gasteiger charge is -2.29. The molecule has 0 radical (unpaired) electrons. The van der Waals surface area contributed by atoms with Gasteiger partial charge in [0.05, 0.1) is 5.69 Å². The molecule has 0 bridgehead atoms. The Morgan fingerprint density at radius 1 is 0.250 bits per heavy atom. The fourth-order valence-electron chi connectivity index (χ4n) is 10.1. The molecule has 0 N–H and O–H groups in total. The van der Waals surface area contributed by atoms with Gasteiger partial charge in [0, 0.05) is 33.8 Å². The lowest BCUT2D eigenvalue weighted by atomic mass is 9.90. The Labute approximate surface area is 370 Å². The van der Waals surface area contributed by atoms with Crippen LogP contribution >= 0.6 is 0 Å². The van der Waals surface area contributed by atoms with E-state index in [0.717, 1.165) is 55.7 Å². The van der Waals surface area contributed by atoms with Crippen LogP contribution in [-0.2, 0) is 0 Å². The molecular weight excluding hydrogens is 775 g/mol. The number of furan rings is 1. The van der Waals surface area contributed by atoms with E-state index in [9.17, 15) is 0 Å². The summed E-state index contributed by atoms with van der Waals surface area (Å²) >= 11 is 0. The number of fused-ring (bicyclic) bond motifs is 9. The highest BCUT2D eigenvalue weighted by molar-refractivity contribution is 6.17. The van der Waals surface area contributed by atoms with Crippen molar-refractivity contribution in [3.8, 4) is 33.4 Å². The third kappa shape index (κ3) is 5.95. The molecule has 0 amide bonds. The van der Waals surface area contributed by atoms with Crippen molar-refractivity contribution in [2.45, 2.75) is 0 Å². The molecule has 0 unspecified atom stereocenters. The molecule has 0 fully saturated rings. The van der Waals surface area contributed by atoms with Crippen LogP contribution in [0.1, 0.15) is 0 Å². The third-order valence-electron chi connectivity index (χ3n) is 13.1. The number of rotatable bonds is 6. The minimum Gasteiger partial charge on any atom is -0.456 e. The van der Waals surface area contributed by atoms with Gasteiger partial charge in [-0.25, -0.2) is 0 Å². The largest absolute Gasteiger partial charge is 0.456 e. The van der Waals surface area contributed by atoms with Gasteiger partial charge >= 0.3 is 0 Å². The van der Waals surface area contributed by atoms with Crippen LogP contribution in [0.4, 0.5) is 17.1 Å². The first-order valence-corrected chi connectivity index (χ1v) is 22.0. The maximum absolute atomic E-state index is 6.78. The van der Waals surface area contributed by atoms with E-state index >= 15 is 0 Å². The highest BCUT2D eigenvalue weighted by Gasteiger charge is 2.23. The SMILES string of the molecule is c1ccc(-c2cc(-c3ccc4ccccc4c3)ccc2N(c2cc(-c3cc4ccccc4c4ccccc34)c3ccccc3c2)c2ccc3c(c2)oc2cc4ccccc4cc23)cc1. The van der Waals surface area contributed by atoms with Gasteiger partial charge in [-0.15, -0.1) is 0 Å². The molecule has 0 saturated heterocycles. The lowest BCUT2D eigenvalue weighted by Crippen LogP contribution is -2.12. The molecule has 13 aromatic rings. The first-order valence-electron chi connectivity index (χ1n) is 22.0. The molecule has 0 spiro atoms. The smallest absolute Gasteiger partial charge is 0.137 e. The van der Waals surface area contributed by atoms with Crippen LogP contribution in [0.15, 0.2) is 241 Å². The fourth-order valence-corrected chi connectivity index (χ4v) is 10.1. The Morgan fingerprint density at radius 3 is 1.62 bits per heavy atom. The summed E-state index contributed by atoms with van der Waals surface area (Å²) in [6.07, 6.45) is 0. The number of hydrogen-bond acceptors (Lipinski definition) is 2. The van der Waals surface area contributed by atoms with Crippen LogP contribution in [0.25, 0.3) is 109 Å². The summed E-state index contributed by atoms with van der Waals surface area (Å²) in [6.45, 7) is 0. The van der Waals surface area contributed by atoms with Crippen molar-refractivity contribution < 1.29 is 4.42 Å². The summed E-state index contributed by atoms with van der Waals surface area (Å²) in [7, 11) is 0. The van der Waals surface area contributed by atoms with Crippen LogP contribution < -0.4 is 4.90 Å². The standard InChI is InChI=1S/C62H39NO/c1-2-15-41(16-3-1)56-34-46(45-27-26-40-14-4-5-17-42(40)32-45)28-31-60(56)63(49-29-30-55-59-35-43-18-6-7-19-44(43)37-61(59)64-62(55)39-49)50-33-47-20-8-11-23-52(47)58(38-50)57-36-48-21-9-10-22-51(48)53-24-12-13-25-54(53)57/h1-39H. The minimum absolute atomic E-state index is 0.850. The number of hydrogen-bond donors (Lipinski definition) is 0. The summed E-state index contributed by atoms with van der Waals surface area (Å²) in [5.74, 6) is 0. The van der Waals surface area contributed by atoms with Crippen molar-refractivity contribution in [2.75, 3.05) is 4.90 Å². The molecule has 12 aromatic carbocycles. The van der Waals surface area contributed by atoms with Gasteiger partial charge < -0.3 is 9.32 Å². The van der Waals surface area contributed by atoms with Gasteiger partial charge in [-0.05, 0) is 142 Å². The first kappa shape index (κ1) is 36.2. The zero-order valence-electron chi connectivity index (χ0n) is 34.9. The van der Waals surface area contributed by atoms with E-state index in [1.54, 1.807) is 0 Å². The van der Waals surface area contributed by atoms with Gasteiger partial charge in [0.1, 0.15) is 11.2 Å². The summed E-state index contributed by atoms with van der Waals surface area (Å²) in [6, 6.07) is 86.3. The zero-order chi connectivity index (χ0) is 42.1. The lowest BCUT2D eigenvalue weighted by molar-refractivity contribution is 0.669. The van der Waals surface area contributed by atoms with Crippen molar-refractivity contribution in [2.24, 2.45) is 0 Å². The second-order valence-corrected chi connectivity index (χ2v) is 16.9. The second kappa shape index (κ2) is 14.6. The van der Waals surface area contributed by atoms with E-state index in [-0.39, 0.29) is 0 Å². The van der Waals surface area contributed by atoms with E-state index in [1.165, 1.54) is 70.6 Å². The number of anilines is 3. The average Bonchev–Trinajstić information content (AvgIpc) is 3.72. The van der Waals surface area contributed by atoms with Crippen molar-refractivity contribution in [3.05, 3.63) is 237 Å². The predicted molar refractivity (Wildman–Crippen MR) is 272 cm³/mol. The molecule has 1 heterocycles. The summed E-state index contributed by atoms with van der Waals surface area (Å²) in [5, 5.41) is 14.4. The molecule has 0 aliphatic rings. The number of nitrogens with zero attached hydrogens (tertiary/aromatic N) is 1. The van der Waals surface area contributed by atoms with Crippen LogP contribution in [0.5, 0.6) is 0 Å². The van der Waals surface area contributed by atoms with Gasteiger partial charge in [0.25, 0.3) is 0 Å². The Kier molecular flexibility index (Phi) is 8.25. The van der Waals surface area contributed by atoms with E-state index in [2.05, 4.69) is 241 Å². The van der Waals surface area contributed by atoms with Crippen molar-refractivity contribution >= 4 is 92.9 Å². The van der Waals surface area contributed by atoms with E-state index in [1.807, 2.05) is 0 Å². The molecule has 0 saturated carbocycles. The molecule has 1 aromatic heterocycles. The average molecular weight is 814 g/mol. The van der Waals surface area contributed by atoms with E-state index < -0.39 is 0 Å². The Hall–Kier alpha value is -8.46. The number of benzene rings is 12. The van der Waals surface area contributed by atoms with Gasteiger partial charge in [0.2, 0.25) is 0 Å². The molecule has 64 heavy (non-hydrogen) atoms.